The van der Waals surface area contributed by atoms with Crippen LogP contribution in [0.4, 0.5) is 0 Å². The number of aromatic nitrogens is 1. The summed E-state index contributed by atoms with van der Waals surface area (Å²) in [6.07, 6.45) is 1.45. The van der Waals surface area contributed by atoms with Crippen LogP contribution in [0.2, 0.25) is 5.02 Å². The molecule has 0 spiro atoms. The predicted molar refractivity (Wildman–Crippen MR) is 94.9 cm³/mol. The number of halogens is 1. The summed E-state index contributed by atoms with van der Waals surface area (Å²) in [6, 6.07) is 7.66. The average molecular weight is 350 g/mol. The number of thiazole rings is 1. The van der Waals surface area contributed by atoms with Crippen LogP contribution in [0.1, 0.15) is 12.1 Å². The van der Waals surface area contributed by atoms with Crippen LogP contribution in [0, 0.1) is 5.92 Å². The zero-order valence-electron chi connectivity index (χ0n) is 13.1. The number of carbonyl (C=O) groups excluding carboxylic acids is 1. The molecule has 122 valence electrons. The molecule has 2 heterocycles. The Balaban J connectivity index is 1.63. The van der Waals surface area contributed by atoms with Gasteiger partial charge in [0, 0.05) is 24.0 Å². The number of hydrogen-bond acceptors (Lipinski definition) is 4. The summed E-state index contributed by atoms with van der Waals surface area (Å²) in [6.45, 7) is 2.67. The van der Waals surface area contributed by atoms with Gasteiger partial charge in [0.25, 0.3) is 0 Å². The fourth-order valence-corrected chi connectivity index (χ4v) is 4.07. The van der Waals surface area contributed by atoms with E-state index in [0.29, 0.717) is 17.4 Å². The van der Waals surface area contributed by atoms with Gasteiger partial charge in [0.05, 0.1) is 17.1 Å². The fraction of sp³-hybridized carbons (Fsp3) is 0.412. The zero-order valence-corrected chi connectivity index (χ0v) is 14.7. The molecule has 1 aliphatic rings. The maximum Gasteiger partial charge on any atom is 0.228 e. The Morgan fingerprint density at radius 3 is 3.09 bits per heavy atom. The van der Waals surface area contributed by atoms with Crippen LogP contribution in [0.15, 0.2) is 29.6 Å². The number of rotatable bonds is 5. The molecule has 1 aromatic heterocycles. The summed E-state index contributed by atoms with van der Waals surface area (Å²) in [5, 5.41) is 6.70. The van der Waals surface area contributed by atoms with Gasteiger partial charge in [-0.3, -0.25) is 4.79 Å². The summed E-state index contributed by atoms with van der Waals surface area (Å²) < 4.78 is 0. The first-order valence-electron chi connectivity index (χ1n) is 7.79. The summed E-state index contributed by atoms with van der Waals surface area (Å²) in [7, 11) is 1.95. The maximum atomic E-state index is 12.4. The van der Waals surface area contributed by atoms with Gasteiger partial charge < -0.3 is 10.2 Å². The van der Waals surface area contributed by atoms with E-state index in [1.54, 1.807) is 0 Å². The molecule has 1 fully saturated rings. The fourth-order valence-electron chi connectivity index (χ4n) is 2.93. The second-order valence-corrected chi connectivity index (χ2v) is 7.12. The van der Waals surface area contributed by atoms with Gasteiger partial charge in [-0.1, -0.05) is 29.8 Å². The van der Waals surface area contributed by atoms with Crippen molar-refractivity contribution in [3.8, 4) is 10.6 Å². The molecule has 1 N–H and O–H groups in total. The molecule has 23 heavy (non-hydrogen) atoms. The molecule has 1 atom stereocenters. The Labute approximate surface area is 145 Å². The molecule has 2 aromatic rings. The number of nitrogens with zero attached hydrogens (tertiary/aromatic N) is 2. The highest BCUT2D eigenvalue weighted by Crippen LogP contribution is 2.30. The van der Waals surface area contributed by atoms with Crippen LogP contribution in [0.5, 0.6) is 0 Å². The Morgan fingerprint density at radius 2 is 2.30 bits per heavy atom. The summed E-state index contributed by atoms with van der Waals surface area (Å²) in [4.78, 5) is 19.0. The molecule has 1 aliphatic heterocycles. The molecule has 1 amide bonds. The van der Waals surface area contributed by atoms with Gasteiger partial charge in [0.15, 0.2) is 0 Å². The topological polar surface area (TPSA) is 45.2 Å². The number of benzene rings is 1. The van der Waals surface area contributed by atoms with Crippen LogP contribution in [0.25, 0.3) is 10.6 Å². The average Bonchev–Trinajstić information content (AvgIpc) is 3.18. The minimum atomic E-state index is 0.166. The molecular weight excluding hydrogens is 330 g/mol. The quantitative estimate of drug-likeness (QED) is 0.902. The third-order valence-corrected chi connectivity index (χ3v) is 5.37. The van der Waals surface area contributed by atoms with Gasteiger partial charge in [-0.2, -0.15) is 0 Å². The smallest absolute Gasteiger partial charge is 0.228 e. The lowest BCUT2D eigenvalue weighted by Gasteiger charge is -2.15. The lowest BCUT2D eigenvalue weighted by molar-refractivity contribution is -0.129. The zero-order chi connectivity index (χ0) is 16.2. The molecule has 6 heteroatoms. The van der Waals surface area contributed by atoms with Gasteiger partial charge in [0.2, 0.25) is 5.91 Å². The summed E-state index contributed by atoms with van der Waals surface area (Å²) in [5.74, 6) is 0.734. The van der Waals surface area contributed by atoms with E-state index in [9.17, 15) is 4.79 Å². The second kappa shape index (κ2) is 7.43. The Morgan fingerprint density at radius 1 is 1.48 bits per heavy atom. The lowest BCUT2D eigenvalue weighted by atomic mass is 10.1. The molecule has 1 unspecified atom stereocenters. The van der Waals surface area contributed by atoms with E-state index in [0.717, 1.165) is 42.3 Å². The molecule has 0 saturated carbocycles. The second-order valence-electron chi connectivity index (χ2n) is 5.85. The third-order valence-electron chi connectivity index (χ3n) is 4.12. The number of amides is 1. The first-order valence-corrected chi connectivity index (χ1v) is 9.05. The van der Waals surface area contributed by atoms with Crippen molar-refractivity contribution in [2.75, 3.05) is 26.7 Å². The molecule has 1 aromatic carbocycles. The standard InChI is InChI=1S/C17H20ClN3OS/c1-19-9-12-6-7-21(10-12)16(22)8-13-11-23-17(20-13)14-4-2-3-5-15(14)18/h2-5,11-12,19H,6-10H2,1H3. The monoisotopic (exact) mass is 349 g/mol. The van der Waals surface area contributed by atoms with E-state index in [1.165, 1.54) is 11.3 Å². The van der Waals surface area contributed by atoms with Crippen LogP contribution < -0.4 is 5.32 Å². The molecule has 3 rings (SSSR count). The maximum absolute atomic E-state index is 12.4. The van der Waals surface area contributed by atoms with Crippen LogP contribution in [-0.4, -0.2) is 42.5 Å². The highest BCUT2D eigenvalue weighted by molar-refractivity contribution is 7.13. The largest absolute Gasteiger partial charge is 0.342 e. The first-order chi connectivity index (χ1) is 11.2. The van der Waals surface area contributed by atoms with E-state index < -0.39 is 0 Å². The number of hydrogen-bond donors (Lipinski definition) is 1. The molecule has 0 aliphatic carbocycles. The minimum absolute atomic E-state index is 0.166. The van der Waals surface area contributed by atoms with Crippen molar-refractivity contribution >= 4 is 28.8 Å². The van der Waals surface area contributed by atoms with Crippen molar-refractivity contribution < 1.29 is 4.79 Å². The van der Waals surface area contributed by atoms with Crippen LogP contribution in [0.3, 0.4) is 0 Å². The molecular formula is C17H20ClN3OS. The number of nitrogens with one attached hydrogen (secondary N) is 1. The van der Waals surface area contributed by atoms with E-state index >= 15 is 0 Å². The van der Waals surface area contributed by atoms with Crippen molar-refractivity contribution in [3.05, 3.63) is 40.4 Å². The van der Waals surface area contributed by atoms with Gasteiger partial charge in [0.1, 0.15) is 5.01 Å². The van der Waals surface area contributed by atoms with Gasteiger partial charge >= 0.3 is 0 Å². The number of carbonyl (C=O) groups is 1. The third kappa shape index (κ3) is 3.91. The highest BCUT2D eigenvalue weighted by atomic mass is 35.5. The molecule has 4 nitrogen and oxygen atoms in total. The van der Waals surface area contributed by atoms with E-state index in [2.05, 4.69) is 10.3 Å². The van der Waals surface area contributed by atoms with Crippen molar-refractivity contribution in [2.45, 2.75) is 12.8 Å². The SMILES string of the molecule is CNCC1CCN(C(=O)Cc2csc(-c3ccccc3Cl)n2)C1. The molecule has 0 bridgehead atoms. The van der Waals surface area contributed by atoms with E-state index in [4.69, 9.17) is 11.6 Å². The predicted octanol–water partition coefficient (Wildman–Crippen LogP) is 3.07. The van der Waals surface area contributed by atoms with Gasteiger partial charge in [-0.25, -0.2) is 4.98 Å². The van der Waals surface area contributed by atoms with Gasteiger partial charge in [-0.05, 0) is 32.0 Å². The van der Waals surface area contributed by atoms with Crippen LogP contribution in [-0.2, 0) is 11.2 Å². The van der Waals surface area contributed by atoms with Crippen molar-refractivity contribution in [2.24, 2.45) is 5.92 Å². The van der Waals surface area contributed by atoms with Crippen LogP contribution >= 0.6 is 22.9 Å². The Kier molecular flexibility index (Phi) is 5.30. The van der Waals surface area contributed by atoms with Crippen molar-refractivity contribution in [3.63, 3.8) is 0 Å². The molecule has 1 saturated heterocycles. The summed E-state index contributed by atoms with van der Waals surface area (Å²) >= 11 is 7.74. The van der Waals surface area contributed by atoms with Crippen molar-refractivity contribution in [1.82, 2.24) is 15.2 Å². The van der Waals surface area contributed by atoms with Gasteiger partial charge in [-0.15, -0.1) is 11.3 Å². The Hall–Kier alpha value is -1.43. The van der Waals surface area contributed by atoms with E-state index in [-0.39, 0.29) is 5.91 Å². The normalized spacial score (nSPS) is 17.7. The minimum Gasteiger partial charge on any atom is -0.342 e. The first kappa shape index (κ1) is 16.4. The molecule has 0 radical (unpaired) electrons. The summed E-state index contributed by atoms with van der Waals surface area (Å²) in [5.41, 5.74) is 1.75. The number of likely N-dealkylation sites (tertiary alicyclic amines) is 1. The lowest BCUT2D eigenvalue weighted by Crippen LogP contribution is -2.31. The van der Waals surface area contributed by atoms with Crippen molar-refractivity contribution in [1.29, 1.82) is 0 Å². The highest BCUT2D eigenvalue weighted by Gasteiger charge is 2.26. The van der Waals surface area contributed by atoms with E-state index in [1.807, 2.05) is 41.6 Å². The Bertz CT molecular complexity index is 688.